The van der Waals surface area contributed by atoms with Crippen LogP contribution in [-0.4, -0.2) is 40.3 Å². The van der Waals surface area contributed by atoms with Gasteiger partial charge in [0.15, 0.2) is 5.84 Å². The average molecular weight is 294 g/mol. The van der Waals surface area contributed by atoms with Gasteiger partial charge in [0.05, 0.1) is 16.6 Å². The molecule has 1 aliphatic rings. The van der Waals surface area contributed by atoms with E-state index in [1.807, 2.05) is 4.90 Å². The highest BCUT2D eigenvalue weighted by atomic mass is 16.6. The minimum atomic E-state index is -0.527. The lowest BCUT2D eigenvalue weighted by molar-refractivity contribution is -0.384. The number of nitro benzene ring substituents is 1. The summed E-state index contributed by atoms with van der Waals surface area (Å²) in [5, 5.41) is 32.3. The van der Waals surface area contributed by atoms with E-state index in [9.17, 15) is 15.2 Å². The number of hydrogen-bond donors (Lipinski definition) is 3. The zero-order valence-electron chi connectivity index (χ0n) is 11.6. The zero-order chi connectivity index (χ0) is 15.6. The van der Waals surface area contributed by atoms with Gasteiger partial charge in [-0.05, 0) is 19.4 Å². The van der Waals surface area contributed by atoms with Gasteiger partial charge in [-0.2, -0.15) is 0 Å². The van der Waals surface area contributed by atoms with Crippen molar-refractivity contribution < 1.29 is 15.2 Å². The Bertz CT molecular complexity index is 573. The van der Waals surface area contributed by atoms with Gasteiger partial charge in [0.1, 0.15) is 0 Å². The summed E-state index contributed by atoms with van der Waals surface area (Å²) in [4.78, 5) is 12.3. The topological polar surface area (TPSA) is 125 Å². The molecule has 0 bridgehead atoms. The van der Waals surface area contributed by atoms with Gasteiger partial charge in [-0.3, -0.25) is 10.1 Å². The molecule has 1 heterocycles. The molecule has 2 unspecified atom stereocenters. The van der Waals surface area contributed by atoms with Crippen LogP contribution in [0.1, 0.15) is 18.9 Å². The largest absolute Gasteiger partial charge is 0.409 e. The molecule has 4 N–H and O–H groups in total. The molecule has 2 atom stereocenters. The van der Waals surface area contributed by atoms with Crippen molar-refractivity contribution in [3.05, 3.63) is 33.9 Å². The Morgan fingerprint density at radius 1 is 1.62 bits per heavy atom. The van der Waals surface area contributed by atoms with E-state index in [4.69, 9.17) is 10.9 Å². The summed E-state index contributed by atoms with van der Waals surface area (Å²) in [7, 11) is 0. The number of aliphatic hydroxyl groups is 1. The minimum absolute atomic E-state index is 0.119. The van der Waals surface area contributed by atoms with Crippen LogP contribution in [0, 0.1) is 16.0 Å². The highest BCUT2D eigenvalue weighted by Gasteiger charge is 2.28. The molecule has 8 nitrogen and oxygen atoms in total. The Morgan fingerprint density at radius 2 is 2.33 bits per heavy atom. The number of anilines is 1. The van der Waals surface area contributed by atoms with E-state index < -0.39 is 11.0 Å². The van der Waals surface area contributed by atoms with Crippen molar-refractivity contribution in [1.82, 2.24) is 0 Å². The van der Waals surface area contributed by atoms with Crippen molar-refractivity contribution in [2.45, 2.75) is 19.4 Å². The smallest absolute Gasteiger partial charge is 0.270 e. The molecule has 8 heteroatoms. The van der Waals surface area contributed by atoms with Crippen LogP contribution >= 0.6 is 0 Å². The molecule has 1 aromatic rings. The molecule has 2 rings (SSSR count). The van der Waals surface area contributed by atoms with Crippen LogP contribution in [0.2, 0.25) is 0 Å². The van der Waals surface area contributed by atoms with E-state index in [2.05, 4.69) is 5.16 Å². The second kappa shape index (κ2) is 5.96. The molecule has 0 radical (unpaired) electrons. The van der Waals surface area contributed by atoms with Crippen molar-refractivity contribution in [3.8, 4) is 0 Å². The highest BCUT2D eigenvalue weighted by Crippen LogP contribution is 2.30. The number of oxime groups is 1. The SMILES string of the molecule is CC(O)C1CCN(c2ccc([N+](=O)[O-])cc2/C(N)=N/O)C1. The fourth-order valence-corrected chi connectivity index (χ4v) is 2.57. The first-order valence-electron chi connectivity index (χ1n) is 6.63. The molecule has 0 aliphatic carbocycles. The van der Waals surface area contributed by atoms with Gasteiger partial charge in [0.2, 0.25) is 0 Å². The molecule has 1 saturated heterocycles. The Balaban J connectivity index is 2.37. The van der Waals surface area contributed by atoms with E-state index in [1.165, 1.54) is 12.1 Å². The number of nitrogens with two attached hydrogens (primary N) is 1. The maximum atomic E-state index is 10.9. The van der Waals surface area contributed by atoms with Gasteiger partial charge in [-0.15, -0.1) is 0 Å². The summed E-state index contributed by atoms with van der Waals surface area (Å²) in [6, 6.07) is 4.27. The van der Waals surface area contributed by atoms with Gasteiger partial charge in [-0.1, -0.05) is 5.16 Å². The Kier molecular flexibility index (Phi) is 4.27. The van der Waals surface area contributed by atoms with Gasteiger partial charge in [0, 0.05) is 36.8 Å². The van der Waals surface area contributed by atoms with Crippen LogP contribution in [0.15, 0.2) is 23.4 Å². The van der Waals surface area contributed by atoms with Crippen LogP contribution < -0.4 is 10.6 Å². The summed E-state index contributed by atoms with van der Waals surface area (Å²) < 4.78 is 0. The second-order valence-corrected chi connectivity index (χ2v) is 5.18. The van der Waals surface area contributed by atoms with Gasteiger partial charge >= 0.3 is 0 Å². The summed E-state index contributed by atoms with van der Waals surface area (Å²) in [6.07, 6.45) is 0.407. The van der Waals surface area contributed by atoms with Gasteiger partial charge in [0.25, 0.3) is 5.69 Å². The Hall–Kier alpha value is -2.35. The highest BCUT2D eigenvalue weighted by molar-refractivity contribution is 6.02. The molecule has 0 spiro atoms. The van der Waals surface area contributed by atoms with Crippen molar-refractivity contribution in [2.75, 3.05) is 18.0 Å². The third-order valence-corrected chi connectivity index (χ3v) is 3.82. The van der Waals surface area contributed by atoms with Crippen LogP contribution in [0.3, 0.4) is 0 Å². The number of nitro groups is 1. The number of hydrogen-bond acceptors (Lipinski definition) is 6. The Morgan fingerprint density at radius 3 is 2.86 bits per heavy atom. The van der Waals surface area contributed by atoms with E-state index >= 15 is 0 Å². The second-order valence-electron chi connectivity index (χ2n) is 5.18. The quantitative estimate of drug-likeness (QED) is 0.249. The number of nitrogens with zero attached hydrogens (tertiary/aromatic N) is 3. The number of aliphatic hydroxyl groups excluding tert-OH is 1. The predicted octanol–water partition coefficient (Wildman–Crippen LogP) is 0.896. The zero-order valence-corrected chi connectivity index (χ0v) is 11.6. The van der Waals surface area contributed by atoms with Crippen molar-refractivity contribution in [2.24, 2.45) is 16.8 Å². The first-order chi connectivity index (χ1) is 9.93. The van der Waals surface area contributed by atoms with Crippen molar-refractivity contribution in [1.29, 1.82) is 0 Å². The Labute approximate surface area is 121 Å². The molecule has 0 aromatic heterocycles. The maximum Gasteiger partial charge on any atom is 0.270 e. The van der Waals surface area contributed by atoms with Crippen molar-refractivity contribution >= 4 is 17.2 Å². The van der Waals surface area contributed by atoms with Crippen LogP contribution in [-0.2, 0) is 0 Å². The molecule has 1 aliphatic heterocycles. The van der Waals surface area contributed by atoms with E-state index in [0.717, 1.165) is 6.42 Å². The standard InChI is InChI=1S/C13H18N4O4/c1-8(18)9-4-5-16(7-9)12-3-2-10(17(20)21)6-11(12)13(14)15-19/h2-3,6,8-9,18-19H,4-5,7H2,1H3,(H2,14,15). The fourth-order valence-electron chi connectivity index (χ4n) is 2.57. The third-order valence-electron chi connectivity index (χ3n) is 3.82. The molecule has 0 amide bonds. The first kappa shape index (κ1) is 15.0. The normalized spacial score (nSPS) is 20.6. The number of rotatable bonds is 4. The maximum absolute atomic E-state index is 10.9. The molecule has 1 fully saturated rings. The van der Waals surface area contributed by atoms with Crippen molar-refractivity contribution in [3.63, 3.8) is 0 Å². The minimum Gasteiger partial charge on any atom is -0.409 e. The fraction of sp³-hybridized carbons (Fsp3) is 0.462. The molecule has 0 saturated carbocycles. The molecule has 114 valence electrons. The lowest BCUT2D eigenvalue weighted by Gasteiger charge is -2.22. The number of non-ortho nitro benzene ring substituents is 1. The van der Waals surface area contributed by atoms with Crippen LogP contribution in [0.5, 0.6) is 0 Å². The molecule has 21 heavy (non-hydrogen) atoms. The van der Waals surface area contributed by atoms with E-state index in [1.54, 1.807) is 13.0 Å². The molecular weight excluding hydrogens is 276 g/mol. The molecular formula is C13H18N4O4. The lowest BCUT2D eigenvalue weighted by Crippen LogP contribution is -2.26. The van der Waals surface area contributed by atoms with E-state index in [-0.39, 0.29) is 17.4 Å². The van der Waals surface area contributed by atoms with Crippen LogP contribution in [0.25, 0.3) is 0 Å². The summed E-state index contributed by atoms with van der Waals surface area (Å²) >= 11 is 0. The van der Waals surface area contributed by atoms with Gasteiger partial charge in [-0.25, -0.2) is 0 Å². The number of amidine groups is 1. The van der Waals surface area contributed by atoms with Crippen LogP contribution in [0.4, 0.5) is 11.4 Å². The summed E-state index contributed by atoms with van der Waals surface area (Å²) in [6.45, 7) is 3.08. The van der Waals surface area contributed by atoms with E-state index in [0.29, 0.717) is 24.3 Å². The number of benzene rings is 1. The summed E-state index contributed by atoms with van der Waals surface area (Å²) in [5.41, 5.74) is 6.49. The van der Waals surface area contributed by atoms with Gasteiger partial charge < -0.3 is 20.9 Å². The molecule has 1 aromatic carbocycles. The lowest BCUT2D eigenvalue weighted by atomic mass is 10.0. The summed E-state index contributed by atoms with van der Waals surface area (Å²) in [5.74, 6) is -0.0328. The predicted molar refractivity (Wildman–Crippen MR) is 77.6 cm³/mol. The monoisotopic (exact) mass is 294 g/mol. The first-order valence-corrected chi connectivity index (χ1v) is 6.63. The third kappa shape index (κ3) is 3.05. The average Bonchev–Trinajstić information content (AvgIpc) is 2.95.